The molecule has 2 bridgehead atoms. The summed E-state index contributed by atoms with van der Waals surface area (Å²) in [7, 11) is 0. The smallest absolute Gasteiger partial charge is 0.168 e. The van der Waals surface area contributed by atoms with E-state index in [-0.39, 0.29) is 17.3 Å². The molecule has 0 aromatic rings. The van der Waals surface area contributed by atoms with Crippen molar-refractivity contribution in [3.05, 3.63) is 12.2 Å². The van der Waals surface area contributed by atoms with Gasteiger partial charge < -0.3 is 14.6 Å². The first-order valence-corrected chi connectivity index (χ1v) is 7.30. The predicted molar refractivity (Wildman–Crippen MR) is 66.9 cm³/mol. The van der Waals surface area contributed by atoms with Gasteiger partial charge in [0.05, 0.1) is 19.3 Å². The van der Waals surface area contributed by atoms with E-state index in [9.17, 15) is 5.11 Å². The van der Waals surface area contributed by atoms with E-state index in [0.29, 0.717) is 11.8 Å². The van der Waals surface area contributed by atoms with Gasteiger partial charge in [-0.15, -0.1) is 0 Å². The lowest BCUT2D eigenvalue weighted by Gasteiger charge is -2.60. The SMILES string of the molecule is C=C1C(O)[C@]23CC[C@H]1C[C@H]2CC1(CC3)OCCO1. The van der Waals surface area contributed by atoms with Crippen molar-refractivity contribution >= 4 is 0 Å². The Morgan fingerprint density at radius 2 is 1.94 bits per heavy atom. The van der Waals surface area contributed by atoms with Crippen LogP contribution >= 0.6 is 0 Å². The predicted octanol–water partition coefficient (Wildman–Crippen LogP) is 2.25. The molecule has 3 heteroatoms. The van der Waals surface area contributed by atoms with Crippen LogP contribution in [-0.4, -0.2) is 30.2 Å². The number of aliphatic hydroxyl groups is 1. The number of ether oxygens (including phenoxy) is 2. The van der Waals surface area contributed by atoms with Crippen LogP contribution in [0.4, 0.5) is 0 Å². The Kier molecular flexibility index (Phi) is 2.28. The van der Waals surface area contributed by atoms with Gasteiger partial charge in [-0.3, -0.25) is 0 Å². The van der Waals surface area contributed by atoms with Gasteiger partial charge in [0.15, 0.2) is 5.79 Å². The Bertz CT molecular complexity index is 385. The first-order valence-electron chi connectivity index (χ1n) is 7.30. The summed E-state index contributed by atoms with van der Waals surface area (Å²) in [6.07, 6.45) is 6.25. The van der Waals surface area contributed by atoms with Crippen LogP contribution in [0.3, 0.4) is 0 Å². The van der Waals surface area contributed by atoms with Gasteiger partial charge in [-0.25, -0.2) is 0 Å². The number of hydrogen-bond donors (Lipinski definition) is 1. The van der Waals surface area contributed by atoms with E-state index in [2.05, 4.69) is 6.58 Å². The lowest BCUT2D eigenvalue weighted by atomic mass is 9.47. The van der Waals surface area contributed by atoms with E-state index in [1.807, 2.05) is 0 Å². The monoisotopic (exact) mass is 250 g/mol. The second kappa shape index (κ2) is 3.59. The maximum Gasteiger partial charge on any atom is 0.168 e. The number of hydrogen-bond acceptors (Lipinski definition) is 3. The molecule has 4 atom stereocenters. The first kappa shape index (κ1) is 11.4. The molecule has 1 saturated heterocycles. The van der Waals surface area contributed by atoms with E-state index in [1.165, 1.54) is 19.3 Å². The zero-order valence-electron chi connectivity index (χ0n) is 10.9. The highest BCUT2D eigenvalue weighted by molar-refractivity contribution is 5.23. The Hall–Kier alpha value is -0.380. The molecule has 4 aliphatic carbocycles. The average molecular weight is 250 g/mol. The molecule has 5 fully saturated rings. The average Bonchev–Trinajstić information content (AvgIpc) is 2.83. The molecule has 0 aromatic carbocycles. The molecule has 0 amide bonds. The molecule has 1 heterocycles. The van der Waals surface area contributed by atoms with Crippen molar-refractivity contribution in [1.82, 2.24) is 0 Å². The molecular weight excluding hydrogens is 228 g/mol. The van der Waals surface area contributed by atoms with Crippen molar-refractivity contribution in [2.24, 2.45) is 17.3 Å². The van der Waals surface area contributed by atoms with Crippen LogP contribution in [0.25, 0.3) is 0 Å². The normalized spacial score (nSPS) is 49.6. The second-order valence-corrected chi connectivity index (χ2v) is 6.69. The Labute approximate surface area is 108 Å². The standard InChI is InChI=1S/C15H22O3/c1-10-11-2-3-14(13(10)16)4-5-15(9-12(14)8-11)17-6-7-18-15/h11-13,16H,1-9H2/t11-,12-,13?,14-/m0/s1. The Balaban J connectivity index is 1.65. The molecule has 100 valence electrons. The van der Waals surface area contributed by atoms with Gasteiger partial charge in [-0.2, -0.15) is 0 Å². The minimum atomic E-state index is -0.311. The third-order valence-electron chi connectivity index (χ3n) is 6.10. The van der Waals surface area contributed by atoms with Crippen molar-refractivity contribution in [2.45, 2.75) is 50.4 Å². The number of fused-ring (bicyclic) bond motifs is 2. The fourth-order valence-corrected chi connectivity index (χ4v) is 5.04. The van der Waals surface area contributed by atoms with Crippen LogP contribution in [0.15, 0.2) is 12.2 Å². The Morgan fingerprint density at radius 3 is 2.72 bits per heavy atom. The topological polar surface area (TPSA) is 38.7 Å². The van der Waals surface area contributed by atoms with E-state index in [4.69, 9.17) is 9.47 Å². The first-order chi connectivity index (χ1) is 8.65. The minimum absolute atomic E-state index is 0.0897. The van der Waals surface area contributed by atoms with Gasteiger partial charge in [-0.05, 0) is 43.1 Å². The molecule has 18 heavy (non-hydrogen) atoms. The molecule has 1 aliphatic heterocycles. The molecule has 1 unspecified atom stereocenters. The molecule has 2 spiro atoms. The van der Waals surface area contributed by atoms with Crippen LogP contribution in [-0.2, 0) is 9.47 Å². The lowest BCUT2D eigenvalue weighted by molar-refractivity contribution is -0.233. The van der Waals surface area contributed by atoms with Crippen molar-refractivity contribution in [3.8, 4) is 0 Å². The lowest BCUT2D eigenvalue weighted by Crippen LogP contribution is -2.58. The van der Waals surface area contributed by atoms with E-state index < -0.39 is 0 Å². The van der Waals surface area contributed by atoms with Gasteiger partial charge >= 0.3 is 0 Å². The molecule has 0 aromatic heterocycles. The highest BCUT2D eigenvalue weighted by Gasteiger charge is 2.60. The van der Waals surface area contributed by atoms with Gasteiger partial charge in [0, 0.05) is 18.3 Å². The van der Waals surface area contributed by atoms with Crippen LogP contribution < -0.4 is 0 Å². The molecule has 1 N–H and O–H groups in total. The molecule has 3 nitrogen and oxygen atoms in total. The molecule has 4 saturated carbocycles. The number of aliphatic hydroxyl groups excluding tert-OH is 1. The summed E-state index contributed by atoms with van der Waals surface area (Å²) >= 11 is 0. The zero-order valence-corrected chi connectivity index (χ0v) is 10.9. The highest BCUT2D eigenvalue weighted by Crippen LogP contribution is 2.63. The quantitative estimate of drug-likeness (QED) is 0.670. The van der Waals surface area contributed by atoms with Crippen LogP contribution in [0.5, 0.6) is 0 Å². The summed E-state index contributed by atoms with van der Waals surface area (Å²) in [5, 5.41) is 10.6. The third kappa shape index (κ3) is 1.30. The summed E-state index contributed by atoms with van der Waals surface area (Å²) in [6.45, 7) is 5.61. The molecular formula is C15H22O3. The maximum atomic E-state index is 10.6. The van der Waals surface area contributed by atoms with Crippen LogP contribution in [0, 0.1) is 17.3 Å². The van der Waals surface area contributed by atoms with Gasteiger partial charge in [0.1, 0.15) is 0 Å². The largest absolute Gasteiger partial charge is 0.388 e. The maximum absolute atomic E-state index is 10.6. The number of rotatable bonds is 0. The van der Waals surface area contributed by atoms with E-state index in [0.717, 1.165) is 38.0 Å². The highest BCUT2D eigenvalue weighted by atomic mass is 16.7. The van der Waals surface area contributed by atoms with Crippen molar-refractivity contribution < 1.29 is 14.6 Å². The van der Waals surface area contributed by atoms with E-state index in [1.54, 1.807) is 0 Å². The molecule has 5 rings (SSSR count). The van der Waals surface area contributed by atoms with E-state index >= 15 is 0 Å². The fourth-order valence-electron chi connectivity index (χ4n) is 5.04. The summed E-state index contributed by atoms with van der Waals surface area (Å²) in [4.78, 5) is 0. The van der Waals surface area contributed by atoms with Crippen LogP contribution in [0.1, 0.15) is 38.5 Å². The second-order valence-electron chi connectivity index (χ2n) is 6.69. The van der Waals surface area contributed by atoms with Crippen LogP contribution in [0.2, 0.25) is 0 Å². The van der Waals surface area contributed by atoms with Crippen molar-refractivity contribution in [1.29, 1.82) is 0 Å². The van der Waals surface area contributed by atoms with Gasteiger partial charge in [0.2, 0.25) is 0 Å². The molecule has 5 aliphatic rings. The summed E-state index contributed by atoms with van der Waals surface area (Å²) < 4.78 is 11.7. The zero-order chi connectivity index (χ0) is 12.4. The summed E-state index contributed by atoms with van der Waals surface area (Å²) in [6, 6.07) is 0. The molecule has 0 radical (unpaired) electrons. The van der Waals surface area contributed by atoms with Crippen molar-refractivity contribution in [2.75, 3.05) is 13.2 Å². The Morgan fingerprint density at radius 1 is 1.17 bits per heavy atom. The van der Waals surface area contributed by atoms with Gasteiger partial charge in [-0.1, -0.05) is 6.58 Å². The summed E-state index contributed by atoms with van der Waals surface area (Å²) in [5.74, 6) is 0.779. The summed E-state index contributed by atoms with van der Waals surface area (Å²) in [5.41, 5.74) is 1.19. The van der Waals surface area contributed by atoms with Crippen molar-refractivity contribution in [3.63, 3.8) is 0 Å². The third-order valence-corrected chi connectivity index (χ3v) is 6.10. The van der Waals surface area contributed by atoms with Gasteiger partial charge in [0.25, 0.3) is 0 Å². The fraction of sp³-hybridized carbons (Fsp3) is 0.867. The minimum Gasteiger partial charge on any atom is -0.388 e.